The first-order valence-electron chi connectivity index (χ1n) is 5.44. The van der Waals surface area contributed by atoms with E-state index in [1.54, 1.807) is 0 Å². The number of fused-ring (bicyclic) bond motifs is 1. The number of carbonyl (C=O) groups is 1. The van der Waals surface area contributed by atoms with E-state index >= 15 is 0 Å². The highest BCUT2D eigenvalue weighted by atomic mass is 16.4. The summed E-state index contributed by atoms with van der Waals surface area (Å²) in [7, 11) is 0. The van der Waals surface area contributed by atoms with Crippen LogP contribution >= 0.6 is 0 Å². The molecule has 5 N–H and O–H groups in total. The van der Waals surface area contributed by atoms with E-state index in [1.807, 2.05) is 30.5 Å². The van der Waals surface area contributed by atoms with Gasteiger partial charge in [0.15, 0.2) is 0 Å². The lowest BCUT2D eigenvalue weighted by molar-refractivity contribution is -0.137. The lowest BCUT2D eigenvalue weighted by atomic mass is 10.2. The molecule has 90 valence electrons. The number of carboxylic acid groups (broad SMARTS) is 1. The standard InChI is InChI=1S/C12H15N3O2/c13-8(5-12(16)17)6-14-11-7-15-10-4-2-1-3-9(10)11/h1-4,7-8,14-15H,5-6,13H2,(H,16,17). The van der Waals surface area contributed by atoms with E-state index in [4.69, 9.17) is 10.8 Å². The molecule has 1 heterocycles. The molecule has 17 heavy (non-hydrogen) atoms. The molecule has 0 saturated heterocycles. The van der Waals surface area contributed by atoms with Gasteiger partial charge in [-0.25, -0.2) is 0 Å². The first kappa shape index (κ1) is 11.5. The molecule has 0 saturated carbocycles. The molecule has 5 nitrogen and oxygen atoms in total. The van der Waals surface area contributed by atoms with E-state index in [-0.39, 0.29) is 12.5 Å². The van der Waals surface area contributed by atoms with E-state index in [9.17, 15) is 4.79 Å². The van der Waals surface area contributed by atoms with Crippen molar-refractivity contribution in [2.24, 2.45) is 5.73 Å². The smallest absolute Gasteiger partial charge is 0.304 e. The van der Waals surface area contributed by atoms with Crippen LogP contribution in [0.1, 0.15) is 6.42 Å². The zero-order chi connectivity index (χ0) is 12.3. The van der Waals surface area contributed by atoms with Gasteiger partial charge in [0.2, 0.25) is 0 Å². The van der Waals surface area contributed by atoms with E-state index < -0.39 is 5.97 Å². The molecule has 0 spiro atoms. The van der Waals surface area contributed by atoms with Crippen LogP contribution in [0.4, 0.5) is 5.69 Å². The Balaban J connectivity index is 2.02. The van der Waals surface area contributed by atoms with Crippen molar-refractivity contribution in [2.75, 3.05) is 11.9 Å². The maximum absolute atomic E-state index is 10.5. The van der Waals surface area contributed by atoms with Crippen molar-refractivity contribution in [3.05, 3.63) is 30.5 Å². The minimum absolute atomic E-state index is 0.0324. The van der Waals surface area contributed by atoms with E-state index in [2.05, 4.69) is 10.3 Å². The molecule has 0 bridgehead atoms. The van der Waals surface area contributed by atoms with E-state index in [1.165, 1.54) is 0 Å². The molecule has 5 heteroatoms. The van der Waals surface area contributed by atoms with Crippen LogP contribution in [-0.4, -0.2) is 28.6 Å². The molecule has 1 atom stereocenters. The highest BCUT2D eigenvalue weighted by Crippen LogP contribution is 2.22. The van der Waals surface area contributed by atoms with Gasteiger partial charge < -0.3 is 21.1 Å². The summed E-state index contributed by atoms with van der Waals surface area (Å²) in [6, 6.07) is 7.51. The summed E-state index contributed by atoms with van der Waals surface area (Å²) in [6.45, 7) is 0.439. The lowest BCUT2D eigenvalue weighted by Gasteiger charge is -2.10. The molecule has 1 aromatic carbocycles. The third-order valence-corrected chi connectivity index (χ3v) is 2.58. The number of para-hydroxylation sites is 1. The number of H-pyrrole nitrogens is 1. The molecule has 1 unspecified atom stereocenters. The first-order chi connectivity index (χ1) is 8.16. The van der Waals surface area contributed by atoms with Gasteiger partial charge >= 0.3 is 5.97 Å². The second kappa shape index (κ2) is 4.88. The summed E-state index contributed by atoms with van der Waals surface area (Å²) in [5.74, 6) is -0.877. The van der Waals surface area contributed by atoms with Gasteiger partial charge in [0.05, 0.1) is 12.1 Å². The van der Waals surface area contributed by atoms with Gasteiger partial charge in [-0.2, -0.15) is 0 Å². The van der Waals surface area contributed by atoms with Crippen LogP contribution in [0.3, 0.4) is 0 Å². The zero-order valence-corrected chi connectivity index (χ0v) is 9.31. The number of anilines is 1. The van der Waals surface area contributed by atoms with Gasteiger partial charge in [0, 0.05) is 29.7 Å². The normalized spacial score (nSPS) is 12.5. The largest absolute Gasteiger partial charge is 0.481 e. The highest BCUT2D eigenvalue weighted by molar-refractivity contribution is 5.92. The summed E-state index contributed by atoms with van der Waals surface area (Å²) >= 11 is 0. The summed E-state index contributed by atoms with van der Waals surface area (Å²) in [6.07, 6.45) is 1.83. The Morgan fingerprint density at radius 2 is 2.24 bits per heavy atom. The number of benzene rings is 1. The van der Waals surface area contributed by atoms with Crippen molar-refractivity contribution in [3.63, 3.8) is 0 Å². The van der Waals surface area contributed by atoms with Crippen LogP contribution in [0.15, 0.2) is 30.5 Å². The van der Waals surface area contributed by atoms with Crippen LogP contribution in [0.2, 0.25) is 0 Å². The number of aromatic amines is 1. The van der Waals surface area contributed by atoms with Crippen LogP contribution < -0.4 is 11.1 Å². The Labute approximate surface area is 98.6 Å². The molecular formula is C12H15N3O2. The van der Waals surface area contributed by atoms with Crippen molar-refractivity contribution < 1.29 is 9.90 Å². The number of nitrogens with one attached hydrogen (secondary N) is 2. The van der Waals surface area contributed by atoms with Crippen molar-refractivity contribution in [1.82, 2.24) is 4.98 Å². The second-order valence-corrected chi connectivity index (χ2v) is 3.99. The number of hydrogen-bond acceptors (Lipinski definition) is 3. The van der Waals surface area contributed by atoms with Gasteiger partial charge in [0.25, 0.3) is 0 Å². The highest BCUT2D eigenvalue weighted by Gasteiger charge is 2.09. The summed E-state index contributed by atoms with van der Waals surface area (Å²) in [5.41, 5.74) is 7.67. The third kappa shape index (κ3) is 2.76. The summed E-state index contributed by atoms with van der Waals surface area (Å²) in [5, 5.41) is 12.8. The van der Waals surface area contributed by atoms with Crippen LogP contribution in [0.5, 0.6) is 0 Å². The van der Waals surface area contributed by atoms with E-state index in [0.29, 0.717) is 6.54 Å². The van der Waals surface area contributed by atoms with Crippen LogP contribution in [-0.2, 0) is 4.79 Å². The quantitative estimate of drug-likeness (QED) is 0.628. The maximum atomic E-state index is 10.5. The fourth-order valence-corrected chi connectivity index (χ4v) is 1.76. The lowest BCUT2D eigenvalue weighted by Crippen LogP contribution is -2.31. The predicted molar refractivity (Wildman–Crippen MR) is 67.0 cm³/mol. The van der Waals surface area contributed by atoms with Crippen molar-refractivity contribution in [1.29, 1.82) is 0 Å². The predicted octanol–water partition coefficient (Wildman–Crippen LogP) is 1.38. The number of rotatable bonds is 5. The molecule has 0 aliphatic carbocycles. The Kier molecular flexibility index (Phi) is 3.30. The molecule has 0 radical (unpaired) electrons. The van der Waals surface area contributed by atoms with Crippen molar-refractivity contribution in [3.8, 4) is 0 Å². The minimum atomic E-state index is -0.877. The van der Waals surface area contributed by atoms with Crippen LogP contribution in [0, 0.1) is 0 Å². The zero-order valence-electron chi connectivity index (χ0n) is 9.31. The average Bonchev–Trinajstić information content (AvgIpc) is 2.69. The summed E-state index contributed by atoms with van der Waals surface area (Å²) in [4.78, 5) is 13.6. The Morgan fingerprint density at radius 3 is 3.00 bits per heavy atom. The number of hydrogen-bond donors (Lipinski definition) is 4. The number of aromatic nitrogens is 1. The van der Waals surface area contributed by atoms with Crippen LogP contribution in [0.25, 0.3) is 10.9 Å². The molecule has 1 aromatic heterocycles. The average molecular weight is 233 g/mol. The van der Waals surface area contributed by atoms with Crippen molar-refractivity contribution in [2.45, 2.75) is 12.5 Å². The number of carboxylic acids is 1. The topological polar surface area (TPSA) is 91.1 Å². The summed E-state index contributed by atoms with van der Waals surface area (Å²) < 4.78 is 0. The van der Waals surface area contributed by atoms with Crippen molar-refractivity contribution >= 4 is 22.6 Å². The Bertz CT molecular complexity index is 521. The Hall–Kier alpha value is -2.01. The molecule has 0 aliphatic heterocycles. The van der Waals surface area contributed by atoms with Gasteiger partial charge in [-0.05, 0) is 6.07 Å². The van der Waals surface area contributed by atoms with Gasteiger partial charge in [0.1, 0.15) is 0 Å². The molecule has 2 rings (SSSR count). The second-order valence-electron chi connectivity index (χ2n) is 3.99. The fourth-order valence-electron chi connectivity index (χ4n) is 1.76. The molecule has 0 amide bonds. The molecule has 0 aliphatic rings. The fraction of sp³-hybridized carbons (Fsp3) is 0.250. The molecule has 0 fully saturated rings. The monoisotopic (exact) mass is 233 g/mol. The van der Waals surface area contributed by atoms with Gasteiger partial charge in [-0.1, -0.05) is 18.2 Å². The van der Waals surface area contributed by atoms with Gasteiger partial charge in [-0.3, -0.25) is 4.79 Å². The Morgan fingerprint density at radius 1 is 1.47 bits per heavy atom. The maximum Gasteiger partial charge on any atom is 0.304 e. The SMILES string of the molecule is NC(CNc1c[nH]c2ccccc12)CC(=O)O. The molecular weight excluding hydrogens is 218 g/mol. The minimum Gasteiger partial charge on any atom is -0.481 e. The van der Waals surface area contributed by atoms with E-state index in [0.717, 1.165) is 16.6 Å². The van der Waals surface area contributed by atoms with Gasteiger partial charge in [-0.15, -0.1) is 0 Å². The number of aliphatic carboxylic acids is 1. The first-order valence-corrected chi connectivity index (χ1v) is 5.44. The third-order valence-electron chi connectivity index (χ3n) is 2.58. The number of nitrogens with two attached hydrogens (primary N) is 1. The molecule has 2 aromatic rings.